The van der Waals surface area contributed by atoms with E-state index in [1.807, 2.05) is 12.1 Å². The van der Waals surface area contributed by atoms with Crippen molar-refractivity contribution in [2.24, 2.45) is 0 Å². The first-order chi connectivity index (χ1) is 23.8. The normalized spacial score (nSPS) is 11.8. The van der Waals surface area contributed by atoms with Gasteiger partial charge in [-0.25, -0.2) is 9.97 Å². The van der Waals surface area contributed by atoms with Gasteiger partial charge in [-0.1, -0.05) is 127 Å². The second-order valence-electron chi connectivity index (χ2n) is 12.3. The van der Waals surface area contributed by atoms with Gasteiger partial charge in [0.15, 0.2) is 0 Å². The molecule has 0 fully saturated rings. The van der Waals surface area contributed by atoms with E-state index in [9.17, 15) is 0 Å². The van der Waals surface area contributed by atoms with Crippen LogP contribution in [0.25, 0.3) is 88.5 Å². The first-order valence-corrected chi connectivity index (χ1v) is 16.3. The molecular weight excluding hydrogens is 585 g/mol. The molecule has 0 spiro atoms. The van der Waals surface area contributed by atoms with E-state index >= 15 is 0 Å². The molecule has 0 bridgehead atoms. The summed E-state index contributed by atoms with van der Waals surface area (Å²) in [7, 11) is 0. The number of para-hydroxylation sites is 2. The third-order valence-electron chi connectivity index (χ3n) is 9.51. The molecular formula is C44H28N4. The summed E-state index contributed by atoms with van der Waals surface area (Å²) >= 11 is 0. The van der Waals surface area contributed by atoms with E-state index < -0.39 is 0 Å². The molecule has 10 aromatic rings. The van der Waals surface area contributed by atoms with Gasteiger partial charge in [-0.15, -0.1) is 0 Å². The van der Waals surface area contributed by atoms with Crippen LogP contribution < -0.4 is 0 Å². The van der Waals surface area contributed by atoms with Crippen LogP contribution in [0.4, 0.5) is 0 Å². The molecule has 0 saturated heterocycles. The van der Waals surface area contributed by atoms with Crippen LogP contribution in [-0.2, 0) is 0 Å². The molecule has 0 radical (unpaired) electrons. The fourth-order valence-corrected chi connectivity index (χ4v) is 7.29. The van der Waals surface area contributed by atoms with E-state index in [1.54, 1.807) is 0 Å². The van der Waals surface area contributed by atoms with E-state index in [4.69, 9.17) is 9.97 Å². The maximum atomic E-state index is 5.24. The summed E-state index contributed by atoms with van der Waals surface area (Å²) in [5, 5.41) is 7.20. The van der Waals surface area contributed by atoms with Crippen molar-refractivity contribution in [2.75, 3.05) is 0 Å². The standard InChI is InChI=1S/C44H28N4/c1-3-14-30(15-4-1)38-28-39(31-16-5-2-6-17-31)46-44(45-38)48-41-22-12-10-20-35(41)37-26-42-36(27-43(37)48)34-19-9-11-21-40(34)47(42)33-24-23-29-13-7-8-18-32(29)25-33/h1-28H. The molecule has 3 heterocycles. The first kappa shape index (κ1) is 26.7. The topological polar surface area (TPSA) is 35.6 Å². The molecule has 4 heteroatoms. The minimum Gasteiger partial charge on any atom is -0.309 e. The number of fused-ring (bicyclic) bond motifs is 7. The smallest absolute Gasteiger partial charge is 0.235 e. The van der Waals surface area contributed by atoms with Crippen LogP contribution in [0.5, 0.6) is 0 Å². The molecule has 0 saturated carbocycles. The number of hydrogen-bond donors (Lipinski definition) is 0. The van der Waals surface area contributed by atoms with Crippen LogP contribution in [0.15, 0.2) is 170 Å². The Morgan fingerprint density at radius 2 is 0.833 bits per heavy atom. The second kappa shape index (κ2) is 10.5. The monoisotopic (exact) mass is 612 g/mol. The molecule has 224 valence electrons. The van der Waals surface area contributed by atoms with Crippen molar-refractivity contribution >= 4 is 54.4 Å². The van der Waals surface area contributed by atoms with Crippen molar-refractivity contribution < 1.29 is 0 Å². The van der Waals surface area contributed by atoms with E-state index in [0.717, 1.165) is 44.6 Å². The summed E-state index contributed by atoms with van der Waals surface area (Å²) in [6, 6.07) is 60.1. The number of benzene rings is 7. The van der Waals surface area contributed by atoms with E-state index in [2.05, 4.69) is 167 Å². The van der Waals surface area contributed by atoms with Crippen molar-refractivity contribution in [3.8, 4) is 34.2 Å². The molecule has 10 rings (SSSR count). The highest BCUT2D eigenvalue weighted by Gasteiger charge is 2.20. The van der Waals surface area contributed by atoms with Gasteiger partial charge in [-0.05, 0) is 53.2 Å². The Morgan fingerprint density at radius 1 is 0.333 bits per heavy atom. The third kappa shape index (κ3) is 4.10. The zero-order valence-corrected chi connectivity index (χ0v) is 26.0. The minimum atomic E-state index is 0.652. The average molecular weight is 613 g/mol. The molecule has 3 aromatic heterocycles. The Kier molecular flexibility index (Phi) is 5.84. The summed E-state index contributed by atoms with van der Waals surface area (Å²) in [6.07, 6.45) is 0. The molecule has 0 aliphatic carbocycles. The SMILES string of the molecule is c1ccc(-c2cc(-c3ccccc3)nc(-n3c4ccccc4c4cc5c(cc43)c3ccccc3n5-c3ccc4ccccc4c3)n2)cc1. The molecule has 0 unspecified atom stereocenters. The van der Waals surface area contributed by atoms with Gasteiger partial charge < -0.3 is 4.57 Å². The molecule has 7 aromatic carbocycles. The lowest BCUT2D eigenvalue weighted by Crippen LogP contribution is -2.04. The lowest BCUT2D eigenvalue weighted by Gasteiger charge is -2.12. The van der Waals surface area contributed by atoms with Gasteiger partial charge >= 0.3 is 0 Å². The van der Waals surface area contributed by atoms with Gasteiger partial charge in [0.05, 0.1) is 33.5 Å². The average Bonchev–Trinajstić information content (AvgIpc) is 3.66. The number of hydrogen-bond acceptors (Lipinski definition) is 2. The van der Waals surface area contributed by atoms with Gasteiger partial charge in [-0.3, -0.25) is 4.57 Å². The zero-order valence-electron chi connectivity index (χ0n) is 26.0. The largest absolute Gasteiger partial charge is 0.309 e. The Hall–Kier alpha value is -6.52. The van der Waals surface area contributed by atoms with Crippen molar-refractivity contribution in [2.45, 2.75) is 0 Å². The van der Waals surface area contributed by atoms with Crippen LogP contribution in [0.1, 0.15) is 0 Å². The highest BCUT2D eigenvalue weighted by Crippen LogP contribution is 2.40. The minimum absolute atomic E-state index is 0.652. The summed E-state index contributed by atoms with van der Waals surface area (Å²) < 4.78 is 4.65. The van der Waals surface area contributed by atoms with Gasteiger partial charge in [0.2, 0.25) is 5.95 Å². The molecule has 48 heavy (non-hydrogen) atoms. The molecule has 0 amide bonds. The van der Waals surface area contributed by atoms with Crippen LogP contribution >= 0.6 is 0 Å². The highest BCUT2D eigenvalue weighted by molar-refractivity contribution is 6.19. The quantitative estimate of drug-likeness (QED) is 0.198. The summed E-state index contributed by atoms with van der Waals surface area (Å²) in [5.74, 6) is 0.652. The lowest BCUT2D eigenvalue weighted by atomic mass is 10.1. The van der Waals surface area contributed by atoms with Crippen LogP contribution in [0, 0.1) is 0 Å². The van der Waals surface area contributed by atoms with Crippen molar-refractivity contribution in [1.82, 2.24) is 19.1 Å². The van der Waals surface area contributed by atoms with Crippen molar-refractivity contribution in [3.63, 3.8) is 0 Å². The van der Waals surface area contributed by atoms with Gasteiger partial charge in [0, 0.05) is 38.4 Å². The van der Waals surface area contributed by atoms with Crippen molar-refractivity contribution in [1.29, 1.82) is 0 Å². The maximum absolute atomic E-state index is 5.24. The molecule has 4 nitrogen and oxygen atoms in total. The number of aromatic nitrogens is 4. The fraction of sp³-hybridized carbons (Fsp3) is 0. The van der Waals surface area contributed by atoms with Crippen molar-refractivity contribution in [3.05, 3.63) is 170 Å². The van der Waals surface area contributed by atoms with E-state index in [0.29, 0.717) is 5.95 Å². The molecule has 0 aliphatic rings. The van der Waals surface area contributed by atoms with Gasteiger partial charge in [0.1, 0.15) is 0 Å². The Bertz CT molecular complexity index is 2770. The molecule has 0 N–H and O–H groups in total. The zero-order chi connectivity index (χ0) is 31.6. The Morgan fingerprint density at radius 3 is 1.46 bits per heavy atom. The van der Waals surface area contributed by atoms with E-state index in [-0.39, 0.29) is 0 Å². The summed E-state index contributed by atoms with van der Waals surface area (Å²) in [5.41, 5.74) is 9.54. The number of rotatable bonds is 4. The maximum Gasteiger partial charge on any atom is 0.235 e. The fourth-order valence-electron chi connectivity index (χ4n) is 7.29. The van der Waals surface area contributed by atoms with E-state index in [1.165, 1.54) is 38.0 Å². The Labute approximate surface area is 276 Å². The highest BCUT2D eigenvalue weighted by atomic mass is 15.2. The second-order valence-corrected chi connectivity index (χ2v) is 12.3. The molecule has 0 atom stereocenters. The van der Waals surface area contributed by atoms with Gasteiger partial charge in [-0.2, -0.15) is 0 Å². The predicted molar refractivity (Wildman–Crippen MR) is 199 cm³/mol. The summed E-state index contributed by atoms with van der Waals surface area (Å²) in [4.78, 5) is 10.5. The van der Waals surface area contributed by atoms with Crippen LogP contribution in [0.3, 0.4) is 0 Å². The predicted octanol–water partition coefficient (Wildman–Crippen LogP) is 11.2. The Balaban J connectivity index is 1.30. The van der Waals surface area contributed by atoms with Crippen LogP contribution in [0.2, 0.25) is 0 Å². The third-order valence-corrected chi connectivity index (χ3v) is 9.51. The summed E-state index contributed by atoms with van der Waals surface area (Å²) in [6.45, 7) is 0. The first-order valence-electron chi connectivity index (χ1n) is 16.3. The molecule has 0 aliphatic heterocycles. The van der Waals surface area contributed by atoms with Gasteiger partial charge in [0.25, 0.3) is 0 Å². The number of nitrogens with zero attached hydrogens (tertiary/aromatic N) is 4. The van der Waals surface area contributed by atoms with Crippen LogP contribution in [-0.4, -0.2) is 19.1 Å². The lowest BCUT2D eigenvalue weighted by molar-refractivity contribution is 0.996.